The van der Waals surface area contributed by atoms with Crippen LogP contribution in [0.1, 0.15) is 56.0 Å². The highest BCUT2D eigenvalue weighted by atomic mass is 32.2. The first-order valence-corrected chi connectivity index (χ1v) is 20.9. The number of aryl methyl sites for hydroxylation is 2. The molecule has 2 N–H and O–H groups in total. The third-order valence-electron chi connectivity index (χ3n) is 10.1. The lowest BCUT2D eigenvalue weighted by molar-refractivity contribution is 0.170. The molecule has 0 saturated carbocycles. The van der Waals surface area contributed by atoms with Gasteiger partial charge in [0.15, 0.2) is 9.84 Å². The van der Waals surface area contributed by atoms with Crippen LogP contribution in [0.3, 0.4) is 0 Å². The summed E-state index contributed by atoms with van der Waals surface area (Å²) in [6.45, 7) is 10.5. The van der Waals surface area contributed by atoms with Crippen LogP contribution in [0, 0.1) is 13.8 Å². The molecule has 0 unspecified atom stereocenters. The predicted octanol–water partition coefficient (Wildman–Crippen LogP) is 6.27. The van der Waals surface area contributed by atoms with Crippen molar-refractivity contribution in [3.63, 3.8) is 0 Å². The number of aromatic hydroxyl groups is 1. The first kappa shape index (κ1) is 36.0. The topological polar surface area (TPSA) is 106 Å². The normalized spacial score (nSPS) is 19.5. The molecule has 3 aromatic carbocycles. The summed E-state index contributed by atoms with van der Waals surface area (Å²) in [5.74, 6) is 0.159. The van der Waals surface area contributed by atoms with Crippen molar-refractivity contribution < 1.29 is 27.6 Å². The second-order valence-corrected chi connectivity index (χ2v) is 21.0. The van der Waals surface area contributed by atoms with Crippen molar-refractivity contribution in [2.75, 3.05) is 12.4 Å². The van der Waals surface area contributed by atoms with Crippen LogP contribution in [0.15, 0.2) is 108 Å². The van der Waals surface area contributed by atoms with Crippen LogP contribution in [0.5, 0.6) is 5.75 Å². The van der Waals surface area contributed by atoms with E-state index in [0.29, 0.717) is 12.8 Å². The zero-order valence-electron chi connectivity index (χ0n) is 29.5. The fraction of sp³-hybridized carbons (Fsp3) is 0.325. The summed E-state index contributed by atoms with van der Waals surface area (Å²) in [6.07, 6.45) is 4.16. The van der Waals surface area contributed by atoms with Gasteiger partial charge in [0.1, 0.15) is 5.75 Å². The number of phenolic OH excluding ortho intramolecular Hbond substituents is 1. The van der Waals surface area contributed by atoms with Gasteiger partial charge in [0.25, 0.3) is 8.32 Å². The Kier molecular flexibility index (Phi) is 10.4. The Morgan fingerprint density at radius 1 is 0.980 bits per heavy atom. The Labute approximate surface area is 297 Å². The number of aromatic nitrogens is 1. The summed E-state index contributed by atoms with van der Waals surface area (Å²) in [4.78, 5) is 4.63. The van der Waals surface area contributed by atoms with Crippen LogP contribution >= 0.6 is 0 Å². The molecular weight excluding hydrogens is 661 g/mol. The molecule has 2 aliphatic heterocycles. The predicted molar refractivity (Wildman–Crippen MR) is 205 cm³/mol. The molecule has 2 atom stereocenters. The summed E-state index contributed by atoms with van der Waals surface area (Å²) in [5, 5.41) is 22.3. The van der Waals surface area contributed by atoms with Gasteiger partial charge in [0, 0.05) is 12.5 Å². The molecule has 6 rings (SSSR count). The summed E-state index contributed by atoms with van der Waals surface area (Å²) >= 11 is 0. The SMILES string of the molecule is Cc1cc(/C=C(/CC[C@H]2OB(O)C[C@H]3C2=C(CO[Si](c2ccccc2)(c2ccccc2)C(C)(C)C)CS3(=O)=O)c2ccccn2)cc(C)c1O. The van der Waals surface area contributed by atoms with E-state index in [-0.39, 0.29) is 29.5 Å². The minimum Gasteiger partial charge on any atom is -0.507 e. The number of sulfone groups is 1. The monoisotopic (exact) mass is 707 g/mol. The largest absolute Gasteiger partial charge is 0.507 e. The van der Waals surface area contributed by atoms with Gasteiger partial charge in [-0.25, -0.2) is 8.42 Å². The fourth-order valence-electron chi connectivity index (χ4n) is 7.75. The zero-order chi connectivity index (χ0) is 35.7. The quantitative estimate of drug-likeness (QED) is 0.148. The Balaban J connectivity index is 1.38. The first-order chi connectivity index (χ1) is 23.8. The fourth-order valence-corrected chi connectivity index (χ4v) is 14.4. The second kappa shape index (κ2) is 14.4. The van der Waals surface area contributed by atoms with Crippen LogP contribution in [-0.2, 0) is 18.9 Å². The molecule has 0 bridgehead atoms. The standard InChI is InChI=1S/C40H46BNO6SSi/c1-28-22-30(23-29(2)39(28)43)24-31(35-18-12-13-21-42-35)19-20-36-38-32(27-49(45,46)37(38)25-41(44)48-36)26-47-50(40(3,4)5,33-14-8-6-9-15-33)34-16-10-7-11-17-34/h6-18,21-24,36-37,43-44H,19-20,25-27H2,1-5H3/b31-24-/t36-,37+/m1/s1. The average molecular weight is 708 g/mol. The summed E-state index contributed by atoms with van der Waals surface area (Å²) < 4.78 is 40.9. The molecule has 4 aromatic rings. The van der Waals surface area contributed by atoms with Crippen LogP contribution in [0.25, 0.3) is 11.6 Å². The van der Waals surface area contributed by atoms with E-state index in [2.05, 4.69) is 56.1 Å². The van der Waals surface area contributed by atoms with Crippen molar-refractivity contribution in [1.82, 2.24) is 4.98 Å². The summed E-state index contributed by atoms with van der Waals surface area (Å²) in [7, 11) is -7.71. The number of rotatable bonds is 10. The lowest BCUT2D eigenvalue weighted by Crippen LogP contribution is -2.66. The van der Waals surface area contributed by atoms with Gasteiger partial charge < -0.3 is 19.2 Å². The van der Waals surface area contributed by atoms with E-state index in [0.717, 1.165) is 49.5 Å². The van der Waals surface area contributed by atoms with E-state index >= 15 is 0 Å². The van der Waals surface area contributed by atoms with E-state index in [1.807, 2.05) is 80.6 Å². The summed E-state index contributed by atoms with van der Waals surface area (Å²) in [5.41, 5.74) is 5.70. The first-order valence-electron chi connectivity index (χ1n) is 17.2. The molecule has 260 valence electrons. The molecule has 0 aliphatic carbocycles. The van der Waals surface area contributed by atoms with Gasteiger partial charge in [-0.1, -0.05) is 87.5 Å². The number of hydrogen-bond donors (Lipinski definition) is 2. The molecule has 1 fully saturated rings. The zero-order valence-corrected chi connectivity index (χ0v) is 31.3. The molecular formula is C40H46BNO6SSi. The van der Waals surface area contributed by atoms with Crippen LogP contribution < -0.4 is 10.4 Å². The molecule has 10 heteroatoms. The summed E-state index contributed by atoms with van der Waals surface area (Å²) in [6, 6.07) is 30.3. The maximum atomic E-state index is 13.8. The molecule has 7 nitrogen and oxygen atoms in total. The Morgan fingerprint density at radius 2 is 1.58 bits per heavy atom. The number of pyridine rings is 1. The lowest BCUT2D eigenvalue weighted by atomic mass is 9.74. The molecule has 1 saturated heterocycles. The number of benzene rings is 3. The smallest absolute Gasteiger partial charge is 0.456 e. The van der Waals surface area contributed by atoms with Crippen LogP contribution in [-0.4, -0.2) is 62.7 Å². The van der Waals surface area contributed by atoms with E-state index in [9.17, 15) is 18.5 Å². The van der Waals surface area contributed by atoms with Gasteiger partial charge in [0.05, 0.1) is 29.4 Å². The van der Waals surface area contributed by atoms with Crippen LogP contribution in [0.4, 0.5) is 0 Å². The number of fused-ring (bicyclic) bond motifs is 1. The highest BCUT2D eigenvalue weighted by molar-refractivity contribution is 7.92. The lowest BCUT2D eigenvalue weighted by Gasteiger charge is -2.43. The Bertz CT molecular complexity index is 1930. The van der Waals surface area contributed by atoms with E-state index in [4.69, 9.17) is 9.08 Å². The van der Waals surface area contributed by atoms with Crippen molar-refractivity contribution in [3.8, 4) is 5.75 Å². The van der Waals surface area contributed by atoms with Gasteiger partial charge in [-0.05, 0) is 106 Å². The number of allylic oxidation sites excluding steroid dienone is 1. The van der Waals surface area contributed by atoms with E-state index in [1.165, 1.54) is 0 Å². The van der Waals surface area contributed by atoms with Crippen molar-refractivity contribution in [2.45, 2.75) is 70.2 Å². The van der Waals surface area contributed by atoms with Gasteiger partial charge in [-0.3, -0.25) is 4.98 Å². The van der Waals surface area contributed by atoms with Gasteiger partial charge in [0.2, 0.25) is 0 Å². The van der Waals surface area contributed by atoms with Crippen molar-refractivity contribution >= 4 is 47.3 Å². The van der Waals surface area contributed by atoms with E-state index in [1.54, 1.807) is 6.20 Å². The number of phenols is 1. The average Bonchev–Trinajstić information content (AvgIpc) is 3.35. The maximum Gasteiger partial charge on any atom is 0.456 e. The molecule has 1 aromatic heterocycles. The molecule has 0 amide bonds. The minimum absolute atomic E-state index is 0.00583. The highest BCUT2D eigenvalue weighted by Gasteiger charge is 2.52. The van der Waals surface area contributed by atoms with Gasteiger partial charge in [-0.2, -0.15) is 0 Å². The third-order valence-corrected chi connectivity index (χ3v) is 17.1. The van der Waals surface area contributed by atoms with Gasteiger partial charge in [-0.15, -0.1) is 0 Å². The molecule has 50 heavy (non-hydrogen) atoms. The number of hydrogen-bond acceptors (Lipinski definition) is 7. The minimum atomic E-state index is -3.58. The number of nitrogens with zero attached hydrogens (tertiary/aromatic N) is 1. The highest BCUT2D eigenvalue weighted by Crippen LogP contribution is 2.42. The third kappa shape index (κ3) is 7.18. The Morgan fingerprint density at radius 3 is 2.14 bits per heavy atom. The van der Waals surface area contributed by atoms with Crippen LogP contribution in [0.2, 0.25) is 11.4 Å². The maximum absolute atomic E-state index is 13.8. The van der Waals surface area contributed by atoms with Gasteiger partial charge >= 0.3 is 7.12 Å². The second-order valence-electron chi connectivity index (χ2n) is 14.5. The van der Waals surface area contributed by atoms with E-state index < -0.39 is 36.6 Å². The molecule has 2 aliphatic rings. The van der Waals surface area contributed by atoms with Crippen molar-refractivity contribution in [2.24, 2.45) is 0 Å². The van der Waals surface area contributed by atoms with Crippen molar-refractivity contribution in [1.29, 1.82) is 0 Å². The molecule has 0 spiro atoms. The van der Waals surface area contributed by atoms with Crippen molar-refractivity contribution in [3.05, 3.63) is 131 Å². The molecule has 0 radical (unpaired) electrons. The molecule has 3 heterocycles. The Hall–Kier alpha value is -3.80.